The SMILES string of the molecule is CC1=C(F)C(c2csc(CCN)c2)(C2CC2)C(C)c2[nH]c(=O)[nH]c(=O)c21. The third kappa shape index (κ3) is 2.30. The van der Waals surface area contributed by atoms with Gasteiger partial charge in [0.2, 0.25) is 0 Å². The van der Waals surface area contributed by atoms with Crippen LogP contribution in [0.2, 0.25) is 0 Å². The van der Waals surface area contributed by atoms with Gasteiger partial charge in [-0.15, -0.1) is 11.3 Å². The number of halogens is 1. The number of fused-ring (bicyclic) bond motifs is 1. The van der Waals surface area contributed by atoms with Crippen LogP contribution in [-0.4, -0.2) is 16.5 Å². The van der Waals surface area contributed by atoms with Crippen LogP contribution in [0.5, 0.6) is 0 Å². The highest BCUT2D eigenvalue weighted by Crippen LogP contribution is 2.62. The smallest absolute Gasteiger partial charge is 0.325 e. The molecule has 2 aliphatic rings. The van der Waals surface area contributed by atoms with E-state index < -0.39 is 16.7 Å². The maximum absolute atomic E-state index is 15.9. The van der Waals surface area contributed by atoms with E-state index in [-0.39, 0.29) is 23.2 Å². The van der Waals surface area contributed by atoms with Crippen LogP contribution in [0.4, 0.5) is 4.39 Å². The summed E-state index contributed by atoms with van der Waals surface area (Å²) < 4.78 is 15.9. The molecule has 1 fully saturated rings. The molecule has 0 saturated heterocycles. The molecule has 4 N–H and O–H groups in total. The summed E-state index contributed by atoms with van der Waals surface area (Å²) in [6, 6.07) is 2.05. The standard InChI is InChI=1S/C19H22FN3O2S/c1-9-14-15(22-18(25)23-17(14)24)10(2)19(16(9)20,11-3-4-11)12-7-13(5-6-21)26-8-12/h7-8,10-11H,3-6,21H2,1-2H3,(H2,22,23,24,25). The predicted octanol–water partition coefficient (Wildman–Crippen LogP) is 2.79. The van der Waals surface area contributed by atoms with Crippen LogP contribution in [0.3, 0.4) is 0 Å². The zero-order chi connectivity index (χ0) is 18.6. The summed E-state index contributed by atoms with van der Waals surface area (Å²) in [6.07, 6.45) is 2.64. The summed E-state index contributed by atoms with van der Waals surface area (Å²) in [5.74, 6) is -0.401. The van der Waals surface area contributed by atoms with E-state index in [1.807, 2.05) is 12.3 Å². The van der Waals surface area contributed by atoms with Crippen LogP contribution in [-0.2, 0) is 11.8 Å². The van der Waals surface area contributed by atoms with Gasteiger partial charge in [0.15, 0.2) is 0 Å². The first kappa shape index (κ1) is 17.4. The van der Waals surface area contributed by atoms with E-state index in [1.54, 1.807) is 18.3 Å². The van der Waals surface area contributed by atoms with Gasteiger partial charge < -0.3 is 10.7 Å². The van der Waals surface area contributed by atoms with Crippen molar-refractivity contribution in [2.75, 3.05) is 6.54 Å². The van der Waals surface area contributed by atoms with Crippen LogP contribution < -0.4 is 17.0 Å². The Hall–Kier alpha value is -1.99. The summed E-state index contributed by atoms with van der Waals surface area (Å²) in [4.78, 5) is 30.3. The van der Waals surface area contributed by atoms with Crippen molar-refractivity contribution >= 4 is 16.9 Å². The molecule has 2 heterocycles. The number of hydrogen-bond donors (Lipinski definition) is 3. The van der Waals surface area contributed by atoms with Crippen LogP contribution in [0.15, 0.2) is 26.9 Å². The minimum Gasteiger partial charge on any atom is -0.330 e. The number of nitrogens with two attached hydrogens (primary N) is 1. The molecule has 138 valence electrons. The molecule has 4 rings (SSSR count). The number of rotatable bonds is 4. The average Bonchev–Trinajstić information content (AvgIpc) is 3.33. The van der Waals surface area contributed by atoms with E-state index in [0.29, 0.717) is 17.8 Å². The second kappa shape index (κ2) is 6.03. The first-order chi connectivity index (χ1) is 12.4. The molecule has 2 unspecified atom stereocenters. The van der Waals surface area contributed by atoms with Crippen molar-refractivity contribution in [1.29, 1.82) is 0 Å². The third-order valence-corrected chi connectivity index (χ3v) is 6.90. The average molecular weight is 375 g/mol. The van der Waals surface area contributed by atoms with Crippen molar-refractivity contribution in [1.82, 2.24) is 9.97 Å². The summed E-state index contributed by atoms with van der Waals surface area (Å²) in [7, 11) is 0. The zero-order valence-electron chi connectivity index (χ0n) is 14.8. The van der Waals surface area contributed by atoms with Gasteiger partial charge in [0, 0.05) is 16.5 Å². The Morgan fingerprint density at radius 3 is 2.73 bits per heavy atom. The first-order valence-electron chi connectivity index (χ1n) is 8.92. The number of hydrogen-bond acceptors (Lipinski definition) is 4. The molecule has 0 amide bonds. The second-order valence-corrected chi connectivity index (χ2v) is 8.34. The van der Waals surface area contributed by atoms with E-state index in [9.17, 15) is 9.59 Å². The Kier molecular flexibility index (Phi) is 4.04. The summed E-state index contributed by atoms with van der Waals surface area (Å²) in [6.45, 7) is 4.10. The number of thiophene rings is 1. The lowest BCUT2D eigenvalue weighted by atomic mass is 9.61. The van der Waals surface area contributed by atoms with E-state index in [2.05, 4.69) is 16.0 Å². The molecular formula is C19H22FN3O2S. The third-order valence-electron chi connectivity index (χ3n) is 5.90. The summed E-state index contributed by atoms with van der Waals surface area (Å²) in [5.41, 5.74) is 5.84. The Morgan fingerprint density at radius 1 is 1.35 bits per heavy atom. The molecule has 0 radical (unpaired) electrons. The molecular weight excluding hydrogens is 353 g/mol. The molecule has 7 heteroatoms. The van der Waals surface area contributed by atoms with Gasteiger partial charge in [-0.3, -0.25) is 9.78 Å². The van der Waals surface area contributed by atoms with Gasteiger partial charge in [-0.1, -0.05) is 6.92 Å². The van der Waals surface area contributed by atoms with E-state index in [1.165, 1.54) is 0 Å². The number of aromatic amines is 2. The molecule has 26 heavy (non-hydrogen) atoms. The van der Waals surface area contributed by atoms with Crippen molar-refractivity contribution in [2.45, 2.75) is 44.4 Å². The molecule has 2 atom stereocenters. The predicted molar refractivity (Wildman–Crippen MR) is 101 cm³/mol. The molecule has 0 aliphatic heterocycles. The van der Waals surface area contributed by atoms with Gasteiger partial charge in [0.05, 0.1) is 11.0 Å². The van der Waals surface area contributed by atoms with Crippen LogP contribution in [0, 0.1) is 5.92 Å². The molecule has 0 spiro atoms. The molecule has 0 aromatic carbocycles. The fourth-order valence-corrected chi connectivity index (χ4v) is 5.57. The van der Waals surface area contributed by atoms with Crippen LogP contribution >= 0.6 is 11.3 Å². The van der Waals surface area contributed by atoms with Gasteiger partial charge >= 0.3 is 5.69 Å². The van der Waals surface area contributed by atoms with Crippen molar-refractivity contribution in [3.8, 4) is 0 Å². The Balaban J connectivity index is 2.00. The molecule has 5 nitrogen and oxygen atoms in total. The fraction of sp³-hybridized carbons (Fsp3) is 0.474. The maximum atomic E-state index is 15.9. The van der Waals surface area contributed by atoms with E-state index in [4.69, 9.17) is 5.73 Å². The minimum atomic E-state index is -0.822. The maximum Gasteiger partial charge on any atom is 0.325 e. The Bertz CT molecular complexity index is 1010. The number of aromatic nitrogens is 2. The summed E-state index contributed by atoms with van der Waals surface area (Å²) >= 11 is 1.60. The lowest BCUT2D eigenvalue weighted by Gasteiger charge is -2.42. The Labute approximate surface area is 154 Å². The van der Waals surface area contributed by atoms with Crippen molar-refractivity contribution in [2.24, 2.45) is 11.7 Å². The lowest BCUT2D eigenvalue weighted by molar-refractivity contribution is 0.296. The highest BCUT2D eigenvalue weighted by Gasteiger charge is 2.57. The van der Waals surface area contributed by atoms with Crippen LogP contribution in [0.25, 0.3) is 5.57 Å². The van der Waals surface area contributed by atoms with Crippen molar-refractivity contribution < 1.29 is 4.39 Å². The van der Waals surface area contributed by atoms with Gasteiger partial charge in [-0.25, -0.2) is 9.18 Å². The number of allylic oxidation sites excluding steroid dienone is 2. The van der Waals surface area contributed by atoms with Gasteiger partial charge in [0.25, 0.3) is 5.56 Å². The van der Waals surface area contributed by atoms with E-state index >= 15 is 4.39 Å². The molecule has 2 aliphatic carbocycles. The first-order valence-corrected chi connectivity index (χ1v) is 9.80. The number of H-pyrrole nitrogens is 2. The Morgan fingerprint density at radius 2 is 2.08 bits per heavy atom. The highest BCUT2D eigenvalue weighted by molar-refractivity contribution is 7.10. The topological polar surface area (TPSA) is 91.7 Å². The number of nitrogens with one attached hydrogen (secondary N) is 2. The zero-order valence-corrected chi connectivity index (χ0v) is 15.6. The van der Waals surface area contributed by atoms with Gasteiger partial charge in [-0.05, 0) is 61.2 Å². The summed E-state index contributed by atoms with van der Waals surface area (Å²) in [5, 5.41) is 2.02. The highest BCUT2D eigenvalue weighted by atomic mass is 32.1. The van der Waals surface area contributed by atoms with Gasteiger partial charge in [0.1, 0.15) is 5.83 Å². The monoisotopic (exact) mass is 375 g/mol. The van der Waals surface area contributed by atoms with Crippen LogP contribution in [0.1, 0.15) is 54.3 Å². The molecule has 0 bridgehead atoms. The van der Waals surface area contributed by atoms with Crippen molar-refractivity contribution in [3.05, 3.63) is 59.8 Å². The molecule has 2 aromatic rings. The normalized spacial score (nSPS) is 25.5. The molecule has 1 saturated carbocycles. The van der Waals surface area contributed by atoms with Gasteiger partial charge in [-0.2, -0.15) is 0 Å². The van der Waals surface area contributed by atoms with E-state index in [0.717, 1.165) is 29.7 Å². The second-order valence-electron chi connectivity index (χ2n) is 7.34. The molecule has 2 aromatic heterocycles. The quantitative estimate of drug-likeness (QED) is 0.767. The minimum absolute atomic E-state index is 0.170. The fourth-order valence-electron chi connectivity index (χ4n) is 4.59. The van der Waals surface area contributed by atoms with Crippen molar-refractivity contribution in [3.63, 3.8) is 0 Å². The lowest BCUT2D eigenvalue weighted by Crippen LogP contribution is -2.42. The largest absolute Gasteiger partial charge is 0.330 e.